The highest BCUT2D eigenvalue weighted by molar-refractivity contribution is 6.04. The predicted molar refractivity (Wildman–Crippen MR) is 181 cm³/mol. The maximum atomic E-state index is 17.1. The highest BCUT2D eigenvalue weighted by Crippen LogP contribution is 2.48. The molecule has 2 atom stereocenters. The van der Waals surface area contributed by atoms with Crippen LogP contribution >= 0.6 is 0 Å². The van der Waals surface area contributed by atoms with Crippen molar-refractivity contribution in [2.24, 2.45) is 11.3 Å². The predicted octanol–water partition coefficient (Wildman–Crippen LogP) is 6.33. The molecule has 1 saturated carbocycles. The van der Waals surface area contributed by atoms with Crippen LogP contribution in [0.1, 0.15) is 44.1 Å². The number of nitrogens with zero attached hydrogens (tertiary/aromatic N) is 5. The molecule has 8 rings (SSSR count). The quantitative estimate of drug-likeness (QED) is 0.160. The number of aromatic nitrogens is 3. The lowest BCUT2D eigenvalue weighted by Gasteiger charge is -2.35. The number of ether oxygens (including phenoxy) is 2. The van der Waals surface area contributed by atoms with E-state index in [9.17, 15) is 22.7 Å². The molecule has 3 saturated heterocycles. The minimum Gasteiger partial charge on any atom is -0.508 e. The third-order valence-corrected chi connectivity index (χ3v) is 11.0. The third-order valence-electron chi connectivity index (χ3n) is 11.0. The highest BCUT2D eigenvalue weighted by Gasteiger charge is 2.47. The van der Waals surface area contributed by atoms with Crippen LogP contribution in [0.15, 0.2) is 18.2 Å². The molecule has 15 heteroatoms. The van der Waals surface area contributed by atoms with Gasteiger partial charge in [0.2, 0.25) is 5.88 Å². The number of benzene rings is 2. The zero-order chi connectivity index (χ0) is 36.5. The molecule has 1 aliphatic carbocycles. The Morgan fingerprint density at radius 2 is 1.69 bits per heavy atom. The second-order valence-corrected chi connectivity index (χ2v) is 14.5. The summed E-state index contributed by atoms with van der Waals surface area (Å²) in [6, 6.07) is 3.04. The first kappa shape index (κ1) is 34.5. The summed E-state index contributed by atoms with van der Waals surface area (Å²) in [7, 11) is 1.35. The monoisotopic (exact) mass is 726 g/mol. The SMILES string of the molecule is C#Cc1c(F)cc(F)c2cc(O)cc(-c3nc(OC)c4c(N5CC6CCC(C5)N6)nc(OCC5(CN6CCC(C(F)(F)F)CC6)CC5)nc4c3F)c12. The van der Waals surface area contributed by atoms with Gasteiger partial charge in [-0.1, -0.05) is 5.92 Å². The molecule has 2 aromatic carbocycles. The highest BCUT2D eigenvalue weighted by atomic mass is 19.4. The lowest BCUT2D eigenvalue weighted by molar-refractivity contribution is -0.185. The van der Waals surface area contributed by atoms with Gasteiger partial charge in [0.1, 0.15) is 39.8 Å². The van der Waals surface area contributed by atoms with Gasteiger partial charge in [-0.25, -0.2) is 18.2 Å². The van der Waals surface area contributed by atoms with Crippen LogP contribution in [-0.4, -0.2) is 89.7 Å². The van der Waals surface area contributed by atoms with Crippen molar-refractivity contribution in [2.75, 3.05) is 51.3 Å². The number of terminal acetylenes is 1. The Hall–Kier alpha value is -4.55. The van der Waals surface area contributed by atoms with Crippen LogP contribution in [0.25, 0.3) is 32.9 Å². The van der Waals surface area contributed by atoms with Gasteiger partial charge in [0.05, 0.1) is 25.2 Å². The van der Waals surface area contributed by atoms with Crippen LogP contribution in [0.2, 0.25) is 0 Å². The second kappa shape index (κ2) is 12.8. The number of hydrogen-bond donors (Lipinski definition) is 2. The molecule has 9 nitrogen and oxygen atoms in total. The molecule has 2 bridgehead atoms. The number of anilines is 1. The number of likely N-dealkylation sites (tertiary alicyclic amines) is 1. The van der Waals surface area contributed by atoms with Gasteiger partial charge in [0.15, 0.2) is 5.82 Å². The Kier molecular flexibility index (Phi) is 8.53. The van der Waals surface area contributed by atoms with E-state index in [1.165, 1.54) is 7.11 Å². The number of hydrogen-bond acceptors (Lipinski definition) is 9. The fourth-order valence-electron chi connectivity index (χ4n) is 8.12. The van der Waals surface area contributed by atoms with E-state index in [2.05, 4.69) is 21.2 Å². The number of piperazine rings is 1. The number of rotatable bonds is 8. The van der Waals surface area contributed by atoms with Crippen LogP contribution in [0, 0.1) is 41.1 Å². The van der Waals surface area contributed by atoms with Crippen molar-refractivity contribution in [3.63, 3.8) is 0 Å². The summed E-state index contributed by atoms with van der Waals surface area (Å²) in [6.45, 7) is 2.54. The molecule has 52 heavy (non-hydrogen) atoms. The van der Waals surface area contributed by atoms with E-state index in [1.807, 2.05) is 9.80 Å². The number of fused-ring (bicyclic) bond motifs is 4. The number of nitrogens with one attached hydrogen (secondary N) is 1. The van der Waals surface area contributed by atoms with E-state index in [-0.39, 0.29) is 81.6 Å². The van der Waals surface area contributed by atoms with Gasteiger partial charge in [-0.2, -0.15) is 23.1 Å². The van der Waals surface area contributed by atoms with Crippen molar-refractivity contribution >= 4 is 27.5 Å². The number of alkyl halides is 3. The summed E-state index contributed by atoms with van der Waals surface area (Å²) in [5.74, 6) is -2.26. The van der Waals surface area contributed by atoms with E-state index in [1.54, 1.807) is 0 Å². The Labute approximate surface area is 295 Å². The average molecular weight is 727 g/mol. The van der Waals surface area contributed by atoms with E-state index in [4.69, 9.17) is 20.9 Å². The Bertz CT molecular complexity index is 2100. The van der Waals surface area contributed by atoms with Crippen molar-refractivity contribution < 1.29 is 40.9 Å². The molecule has 3 aliphatic heterocycles. The zero-order valence-corrected chi connectivity index (χ0v) is 28.3. The standard InChI is InChI=1S/C37H36F6N6O3/c1-3-23-26(38)14-27(39)24-12-22(50)13-25(28(23)24)31-30(40)32-29(34(45-31)51-2)33(49-15-20-4-5-21(16-49)44-20)47-35(46-32)52-18-36(8-9-36)17-48-10-6-19(7-11-48)37(41,42)43/h1,12-14,19-21,44,50H,4-11,15-18H2,2H3. The van der Waals surface area contributed by atoms with Crippen molar-refractivity contribution in [1.82, 2.24) is 25.2 Å². The molecular weight excluding hydrogens is 690 g/mol. The average Bonchev–Trinajstić information content (AvgIpc) is 3.80. The maximum absolute atomic E-state index is 17.1. The molecule has 0 radical (unpaired) electrons. The van der Waals surface area contributed by atoms with Crippen LogP contribution in [0.3, 0.4) is 0 Å². The summed E-state index contributed by atoms with van der Waals surface area (Å²) < 4.78 is 98.8. The summed E-state index contributed by atoms with van der Waals surface area (Å²) in [6.07, 6.45) is 5.07. The van der Waals surface area contributed by atoms with Gasteiger partial charge in [-0.3, -0.25) is 0 Å². The topological polar surface area (TPSA) is 95.9 Å². The first-order chi connectivity index (χ1) is 24.9. The number of pyridine rings is 1. The van der Waals surface area contributed by atoms with E-state index in [0.717, 1.165) is 37.8 Å². The molecule has 2 aromatic heterocycles. The Balaban J connectivity index is 1.21. The summed E-state index contributed by atoms with van der Waals surface area (Å²) in [5, 5.41) is 13.9. The minimum atomic E-state index is -4.20. The summed E-state index contributed by atoms with van der Waals surface area (Å²) >= 11 is 0. The first-order valence-corrected chi connectivity index (χ1v) is 17.4. The molecule has 2 N–H and O–H groups in total. The van der Waals surface area contributed by atoms with Crippen LogP contribution in [0.4, 0.5) is 32.2 Å². The van der Waals surface area contributed by atoms with Gasteiger partial charge in [0.25, 0.3) is 0 Å². The van der Waals surface area contributed by atoms with Crippen molar-refractivity contribution in [1.29, 1.82) is 0 Å². The van der Waals surface area contributed by atoms with Gasteiger partial charge >= 0.3 is 12.2 Å². The first-order valence-electron chi connectivity index (χ1n) is 17.4. The normalized spacial score (nSPS) is 21.8. The maximum Gasteiger partial charge on any atom is 0.391 e. The molecule has 4 aromatic rings. The lowest BCUT2D eigenvalue weighted by Crippen LogP contribution is -2.51. The van der Waals surface area contributed by atoms with E-state index >= 15 is 8.78 Å². The number of aromatic hydroxyl groups is 1. The van der Waals surface area contributed by atoms with Crippen molar-refractivity contribution in [2.45, 2.75) is 56.8 Å². The van der Waals surface area contributed by atoms with Gasteiger partial charge in [-0.15, -0.1) is 6.42 Å². The fourth-order valence-corrected chi connectivity index (χ4v) is 8.12. The molecule has 0 amide bonds. The van der Waals surface area contributed by atoms with Gasteiger partial charge < -0.3 is 29.7 Å². The number of halogens is 6. The largest absolute Gasteiger partial charge is 0.508 e. The van der Waals surface area contributed by atoms with E-state index < -0.39 is 41.0 Å². The van der Waals surface area contributed by atoms with Crippen LogP contribution in [0.5, 0.6) is 17.6 Å². The molecular formula is C37H36F6N6O3. The van der Waals surface area contributed by atoms with Gasteiger partial charge in [-0.05, 0) is 63.7 Å². The number of piperidine rings is 1. The number of phenolic OH excluding ortho intramolecular Hbond substituents is 1. The van der Waals surface area contributed by atoms with Crippen molar-refractivity contribution in [3.8, 4) is 41.2 Å². The second-order valence-electron chi connectivity index (χ2n) is 14.5. The molecule has 4 aliphatic rings. The van der Waals surface area contributed by atoms with Crippen molar-refractivity contribution in [3.05, 3.63) is 41.2 Å². The summed E-state index contributed by atoms with van der Waals surface area (Å²) in [5.41, 5.74) is -1.45. The van der Waals surface area contributed by atoms with E-state index in [0.29, 0.717) is 44.6 Å². The number of phenols is 1. The number of methoxy groups -OCH3 is 1. The molecule has 2 unspecified atom stereocenters. The van der Waals surface area contributed by atoms with Gasteiger partial charge in [0, 0.05) is 59.5 Å². The van der Waals surface area contributed by atoms with Crippen LogP contribution in [-0.2, 0) is 0 Å². The Morgan fingerprint density at radius 1 is 0.981 bits per heavy atom. The molecule has 4 fully saturated rings. The minimum absolute atomic E-state index is 0.0539. The summed E-state index contributed by atoms with van der Waals surface area (Å²) in [4.78, 5) is 17.8. The lowest BCUT2D eigenvalue weighted by atomic mass is 9.95. The molecule has 274 valence electrons. The molecule has 5 heterocycles. The third kappa shape index (κ3) is 6.19. The zero-order valence-electron chi connectivity index (χ0n) is 28.3. The Morgan fingerprint density at radius 3 is 2.33 bits per heavy atom. The smallest absolute Gasteiger partial charge is 0.391 e. The van der Waals surface area contributed by atoms with Crippen LogP contribution < -0.4 is 19.7 Å². The fraction of sp³-hybridized carbons (Fsp3) is 0.486. The molecule has 0 spiro atoms.